The van der Waals surface area contributed by atoms with Gasteiger partial charge in [-0.3, -0.25) is 24.4 Å². The number of likely N-dealkylation sites (tertiary alicyclic amines) is 1. The SMILES string of the molecule is C[C@H]1CN(c2ccc3c(C4CCC(=O)NC4=O)nn(C)c3c2F)CC[C@@H]1CN1CCC2(CC1)CCN(c1ncc(Cl)c(Nc3ccc4c(c3)c3c(c(=O)n4C)OCC(F)(F)[C@H](C4CC4)N3)n1)CC2. The van der Waals surface area contributed by atoms with Gasteiger partial charge in [0.2, 0.25) is 23.5 Å². The summed E-state index contributed by atoms with van der Waals surface area (Å²) in [7, 11) is 3.31. The van der Waals surface area contributed by atoms with Gasteiger partial charge in [-0.25, -0.2) is 18.2 Å². The molecule has 68 heavy (non-hydrogen) atoms. The zero-order valence-corrected chi connectivity index (χ0v) is 39.4. The Labute approximate surface area is 396 Å². The van der Waals surface area contributed by atoms with E-state index in [1.54, 1.807) is 26.4 Å². The molecule has 1 spiro atoms. The van der Waals surface area contributed by atoms with Gasteiger partial charge in [0.15, 0.2) is 18.2 Å². The van der Waals surface area contributed by atoms with Crippen LogP contribution >= 0.6 is 11.6 Å². The fourth-order valence-corrected chi connectivity index (χ4v) is 11.9. The average Bonchev–Trinajstić information content (AvgIpc) is 4.12. The molecule has 2 aromatic carbocycles. The number of benzene rings is 2. The highest BCUT2D eigenvalue weighted by Crippen LogP contribution is 2.47. The summed E-state index contributed by atoms with van der Waals surface area (Å²) in [6, 6.07) is 7.97. The van der Waals surface area contributed by atoms with E-state index >= 15 is 13.2 Å². The van der Waals surface area contributed by atoms with Crippen LogP contribution in [0.1, 0.15) is 76.3 Å². The van der Waals surface area contributed by atoms with Crippen LogP contribution in [0.25, 0.3) is 21.8 Å². The lowest BCUT2D eigenvalue weighted by atomic mass is 9.71. The minimum absolute atomic E-state index is 0.107. The molecule has 3 aromatic heterocycles. The van der Waals surface area contributed by atoms with Crippen molar-refractivity contribution in [1.29, 1.82) is 0 Å². The van der Waals surface area contributed by atoms with Gasteiger partial charge in [-0.05, 0) is 118 Å². The van der Waals surface area contributed by atoms with E-state index in [4.69, 9.17) is 21.3 Å². The number of hydrogen-bond acceptors (Lipinski definition) is 12. The van der Waals surface area contributed by atoms with Crippen molar-refractivity contribution >= 4 is 74.0 Å². The highest BCUT2D eigenvalue weighted by atomic mass is 35.5. The van der Waals surface area contributed by atoms with Crippen LogP contribution in [0.4, 0.5) is 42.0 Å². The number of ether oxygens (including phenoxy) is 1. The van der Waals surface area contributed by atoms with E-state index in [-0.39, 0.29) is 46.8 Å². The van der Waals surface area contributed by atoms with Crippen molar-refractivity contribution in [3.8, 4) is 5.75 Å². The smallest absolute Gasteiger partial charge is 0.301 e. The Kier molecular flexibility index (Phi) is 11.3. The fraction of sp³-hybridized carbons (Fsp3) is 0.551. The number of carbonyl (C=O) groups excluding carboxylic acids is 2. The number of piperidine rings is 4. The molecule has 2 amide bonds. The Morgan fingerprint density at radius 3 is 2.44 bits per heavy atom. The molecule has 1 aliphatic carbocycles. The molecule has 5 aliphatic heterocycles. The van der Waals surface area contributed by atoms with Crippen LogP contribution in [0.2, 0.25) is 5.02 Å². The molecule has 5 fully saturated rings. The van der Waals surface area contributed by atoms with Crippen molar-refractivity contribution in [2.24, 2.45) is 37.3 Å². The van der Waals surface area contributed by atoms with E-state index in [0.717, 1.165) is 77.9 Å². The molecule has 5 aromatic rings. The lowest BCUT2D eigenvalue weighted by Crippen LogP contribution is -2.49. The van der Waals surface area contributed by atoms with Gasteiger partial charge >= 0.3 is 5.92 Å². The molecule has 8 heterocycles. The molecule has 4 saturated heterocycles. The molecule has 4 atom stereocenters. The third kappa shape index (κ3) is 8.07. The van der Waals surface area contributed by atoms with E-state index in [1.165, 1.54) is 9.25 Å². The van der Waals surface area contributed by atoms with Gasteiger partial charge in [0.25, 0.3) is 5.56 Å². The first kappa shape index (κ1) is 44.9. The topological polar surface area (TPSA) is 155 Å². The van der Waals surface area contributed by atoms with E-state index in [1.807, 2.05) is 24.3 Å². The third-order valence-corrected chi connectivity index (χ3v) is 16.3. The number of nitrogens with one attached hydrogen (secondary N) is 3. The predicted molar refractivity (Wildman–Crippen MR) is 255 cm³/mol. The number of aromatic nitrogens is 5. The molecular formula is C49H57ClF3N11O4. The van der Waals surface area contributed by atoms with Gasteiger partial charge in [-0.15, -0.1) is 0 Å². The number of nitrogens with zero attached hydrogens (tertiary/aromatic N) is 8. The average molecular weight is 957 g/mol. The zero-order chi connectivity index (χ0) is 47.2. The predicted octanol–water partition coefficient (Wildman–Crippen LogP) is 7.33. The van der Waals surface area contributed by atoms with Gasteiger partial charge in [0.05, 0.1) is 40.7 Å². The highest BCUT2D eigenvalue weighted by Gasteiger charge is 2.51. The van der Waals surface area contributed by atoms with Crippen LogP contribution < -0.4 is 36.0 Å². The molecule has 0 radical (unpaired) electrons. The van der Waals surface area contributed by atoms with Crippen molar-refractivity contribution in [3.05, 3.63) is 63.4 Å². The van der Waals surface area contributed by atoms with E-state index in [2.05, 4.69) is 47.7 Å². The van der Waals surface area contributed by atoms with Crippen LogP contribution in [0.5, 0.6) is 5.75 Å². The summed E-state index contributed by atoms with van der Waals surface area (Å²) < 4.78 is 55.2. The Morgan fingerprint density at radius 1 is 0.941 bits per heavy atom. The van der Waals surface area contributed by atoms with E-state index < -0.39 is 30.0 Å². The summed E-state index contributed by atoms with van der Waals surface area (Å²) in [5.74, 6) is -3.12. The van der Waals surface area contributed by atoms with Gasteiger partial charge in [-0.2, -0.15) is 10.1 Å². The molecule has 19 heteroatoms. The number of halogens is 4. The summed E-state index contributed by atoms with van der Waals surface area (Å²) >= 11 is 6.67. The number of fused-ring (bicyclic) bond motifs is 4. The Morgan fingerprint density at radius 2 is 1.71 bits per heavy atom. The van der Waals surface area contributed by atoms with Gasteiger partial charge in [0, 0.05) is 69.7 Å². The van der Waals surface area contributed by atoms with Crippen LogP contribution in [0, 0.1) is 29.0 Å². The molecule has 360 valence electrons. The van der Waals surface area contributed by atoms with Crippen LogP contribution in [-0.4, -0.2) is 105 Å². The second-order valence-electron chi connectivity index (χ2n) is 20.4. The number of aryl methyl sites for hydroxylation is 2. The number of imide groups is 1. The highest BCUT2D eigenvalue weighted by molar-refractivity contribution is 6.33. The molecule has 15 nitrogen and oxygen atoms in total. The van der Waals surface area contributed by atoms with Crippen molar-refractivity contribution in [2.75, 3.05) is 72.9 Å². The number of amides is 2. The minimum Gasteiger partial charge on any atom is -0.480 e. The summed E-state index contributed by atoms with van der Waals surface area (Å²) in [6.45, 7) is 7.71. The Hall–Kier alpha value is -5.62. The lowest BCUT2D eigenvalue weighted by molar-refractivity contribution is -0.134. The zero-order valence-electron chi connectivity index (χ0n) is 38.6. The number of alkyl halides is 2. The summed E-state index contributed by atoms with van der Waals surface area (Å²) in [4.78, 5) is 54.2. The van der Waals surface area contributed by atoms with Crippen molar-refractivity contribution in [2.45, 2.75) is 82.6 Å². The van der Waals surface area contributed by atoms with Gasteiger partial charge < -0.3 is 34.6 Å². The normalized spacial score (nSPS) is 25.2. The molecule has 1 unspecified atom stereocenters. The fourth-order valence-electron chi connectivity index (χ4n) is 11.7. The number of carbonyl (C=O) groups is 2. The van der Waals surface area contributed by atoms with Gasteiger partial charge in [-0.1, -0.05) is 18.5 Å². The molecule has 11 rings (SSSR count). The van der Waals surface area contributed by atoms with E-state index in [9.17, 15) is 14.4 Å². The Bertz CT molecular complexity index is 2890. The first-order valence-electron chi connectivity index (χ1n) is 24.1. The van der Waals surface area contributed by atoms with Crippen LogP contribution in [-0.2, 0) is 23.7 Å². The monoisotopic (exact) mass is 955 g/mol. The lowest BCUT2D eigenvalue weighted by Gasteiger charge is -2.48. The molecule has 3 N–H and O–H groups in total. The third-order valence-electron chi connectivity index (χ3n) is 16.1. The second-order valence-corrected chi connectivity index (χ2v) is 20.8. The largest absolute Gasteiger partial charge is 0.480 e. The standard InChI is InChI=1S/C49H57ClF3N11O4/c1-27-24-64(36-10-7-31-39(59-61(3)41(31)38(36)51)32-8-11-37(65)56-45(32)66)17-12-29(27)25-62-18-13-48(14-19-62)15-20-63(21-16-48)47-54-23-34(50)44(58-47)55-30-6-9-35-33(22-30)40-42(46(67)60(35)2)68-26-49(52,53)43(57-40)28-4-5-28/h6-7,9-10,22-23,27-29,32,43,57H,4-5,8,11-21,24-26H2,1-3H3,(H,54,55,58)(H,56,65,66)/t27-,29+,32?,43-/m0/s1. The quantitative estimate of drug-likeness (QED) is 0.134. The molecule has 1 saturated carbocycles. The van der Waals surface area contributed by atoms with E-state index in [0.29, 0.717) is 86.8 Å². The first-order chi connectivity index (χ1) is 32.6. The molecule has 6 aliphatic rings. The van der Waals surface area contributed by atoms with Crippen molar-refractivity contribution < 1.29 is 27.5 Å². The van der Waals surface area contributed by atoms with Crippen LogP contribution in [0.15, 0.2) is 41.3 Å². The number of anilines is 5. The minimum atomic E-state index is -3.13. The first-order valence-corrected chi connectivity index (χ1v) is 24.5. The summed E-state index contributed by atoms with van der Waals surface area (Å²) in [5.41, 5.74) is 2.72. The maximum absolute atomic E-state index is 16.3. The van der Waals surface area contributed by atoms with Crippen molar-refractivity contribution in [1.82, 2.24) is 34.5 Å². The maximum Gasteiger partial charge on any atom is 0.301 e. The summed E-state index contributed by atoms with van der Waals surface area (Å²) in [5, 5.41) is 14.9. The van der Waals surface area contributed by atoms with Gasteiger partial charge in [0.1, 0.15) is 10.5 Å². The number of rotatable bonds is 8. The second kappa shape index (κ2) is 17.1. The molecule has 0 bridgehead atoms. The molecular weight excluding hydrogens is 899 g/mol. The number of pyridine rings is 1. The summed E-state index contributed by atoms with van der Waals surface area (Å²) in [6.07, 6.45) is 8.91. The Balaban J connectivity index is 0.699. The van der Waals surface area contributed by atoms with Crippen LogP contribution in [0.3, 0.4) is 0 Å². The van der Waals surface area contributed by atoms with Crippen molar-refractivity contribution in [3.63, 3.8) is 0 Å². The maximum atomic E-state index is 16.3. The number of hydrogen-bond donors (Lipinski definition) is 3.